The molecule has 0 bridgehead atoms. The molecule has 54 heavy (non-hydrogen) atoms. The topological polar surface area (TPSA) is 86.8 Å². The molecule has 0 unspecified atom stereocenters. The predicted molar refractivity (Wildman–Crippen MR) is 207 cm³/mol. The second-order valence-corrected chi connectivity index (χ2v) is 14.9. The van der Waals surface area contributed by atoms with E-state index in [1.54, 1.807) is 21.9 Å². The molecule has 2 heterocycles. The van der Waals surface area contributed by atoms with E-state index in [-0.39, 0.29) is 24.5 Å². The Labute approximate surface area is 317 Å². The van der Waals surface area contributed by atoms with Crippen LogP contribution in [0.1, 0.15) is 58.9 Å². The van der Waals surface area contributed by atoms with E-state index in [2.05, 4.69) is 0 Å². The van der Waals surface area contributed by atoms with Crippen LogP contribution < -0.4 is 18.9 Å². The van der Waals surface area contributed by atoms with Crippen molar-refractivity contribution in [2.75, 3.05) is 19.7 Å². The summed E-state index contributed by atoms with van der Waals surface area (Å²) >= 11 is 0. The zero-order chi connectivity index (χ0) is 37.8. The maximum Gasteiger partial charge on any atom is 0.410 e. The number of carbonyl (C=O) groups is 2. The molecule has 7 rings (SSSR count). The second-order valence-electron chi connectivity index (χ2n) is 14.9. The molecule has 0 aromatic heterocycles. The van der Waals surface area contributed by atoms with Crippen molar-refractivity contribution in [2.45, 2.75) is 59.9 Å². The summed E-state index contributed by atoms with van der Waals surface area (Å²) in [7, 11) is 0. The maximum absolute atomic E-state index is 14.8. The third-order valence-corrected chi connectivity index (χ3v) is 9.44. The molecule has 2 amide bonds. The first-order valence-corrected chi connectivity index (χ1v) is 18.3. The number of hydrogen-bond acceptors (Lipinski definition) is 7. The lowest BCUT2D eigenvalue weighted by Crippen LogP contribution is -2.53. The Balaban J connectivity index is 1.16. The van der Waals surface area contributed by atoms with Gasteiger partial charge >= 0.3 is 6.09 Å². The number of benzene rings is 5. The number of likely N-dealkylation sites (tertiary alicyclic amines) is 1. The Kier molecular flexibility index (Phi) is 10.5. The largest absolute Gasteiger partial charge is 0.493 e. The van der Waals surface area contributed by atoms with Gasteiger partial charge in [-0.1, -0.05) is 78.9 Å². The van der Waals surface area contributed by atoms with Crippen LogP contribution in [0.5, 0.6) is 34.5 Å². The van der Waals surface area contributed by atoms with Crippen molar-refractivity contribution in [1.82, 2.24) is 9.80 Å². The van der Waals surface area contributed by atoms with Gasteiger partial charge in [0.05, 0.1) is 13.2 Å². The van der Waals surface area contributed by atoms with Gasteiger partial charge in [0.2, 0.25) is 0 Å². The quantitative estimate of drug-likeness (QED) is 0.134. The fraction of sp³-hybridized carbons (Fsp3) is 0.289. The van der Waals surface area contributed by atoms with Gasteiger partial charge in [-0.3, -0.25) is 4.79 Å². The van der Waals surface area contributed by atoms with E-state index in [1.807, 2.05) is 132 Å². The van der Waals surface area contributed by atoms with E-state index < -0.39 is 5.60 Å². The molecule has 1 saturated heterocycles. The molecule has 278 valence electrons. The van der Waals surface area contributed by atoms with Crippen LogP contribution in [-0.2, 0) is 24.4 Å². The normalized spacial score (nSPS) is 13.9. The lowest BCUT2D eigenvalue weighted by atomic mass is 10.0. The van der Waals surface area contributed by atoms with Gasteiger partial charge in [-0.2, -0.15) is 0 Å². The number of rotatable bonds is 11. The van der Waals surface area contributed by atoms with Crippen molar-refractivity contribution in [1.29, 1.82) is 0 Å². The van der Waals surface area contributed by atoms with Gasteiger partial charge < -0.3 is 33.5 Å². The minimum atomic E-state index is -0.536. The van der Waals surface area contributed by atoms with Gasteiger partial charge in [-0.15, -0.1) is 0 Å². The number of hydrogen-bond donors (Lipinski definition) is 0. The number of fused-ring (bicyclic) bond motifs is 1. The molecule has 0 aliphatic carbocycles. The number of ether oxygens (including phenoxy) is 5. The van der Waals surface area contributed by atoms with Crippen LogP contribution in [0, 0.1) is 19.8 Å². The number of nitrogens with zero attached hydrogens (tertiary/aromatic N) is 2. The van der Waals surface area contributed by atoms with Crippen LogP contribution in [0.15, 0.2) is 109 Å². The van der Waals surface area contributed by atoms with Gasteiger partial charge in [0.15, 0.2) is 0 Å². The van der Waals surface area contributed by atoms with E-state index in [0.717, 1.165) is 33.6 Å². The number of aryl methyl sites for hydroxylation is 2. The van der Waals surface area contributed by atoms with Crippen molar-refractivity contribution >= 4 is 12.0 Å². The highest BCUT2D eigenvalue weighted by molar-refractivity contribution is 6.00. The standard InChI is InChI=1S/C45H46N2O7/c1-30-14-9-11-19-37(30)52-35-22-40(51-28-32-16-7-6-8-17-32)42(41(23-35)53-38-20-12-10-15-31(38)2)43(48)46-26-34-18-13-21-39(36(34)27-46)50-29-33-24-47(25-33)44(49)54-45(3,4)5/h6-23,33H,24-29H2,1-5H3. The molecular weight excluding hydrogens is 681 g/mol. The molecule has 2 aliphatic heterocycles. The van der Waals surface area contributed by atoms with Crippen LogP contribution in [-0.4, -0.2) is 47.1 Å². The molecule has 1 fully saturated rings. The molecule has 0 spiro atoms. The average Bonchev–Trinajstić information content (AvgIpc) is 3.57. The monoisotopic (exact) mass is 726 g/mol. The molecule has 5 aromatic carbocycles. The first-order valence-electron chi connectivity index (χ1n) is 18.3. The molecule has 2 aliphatic rings. The highest BCUT2D eigenvalue weighted by Gasteiger charge is 2.35. The third kappa shape index (κ3) is 8.46. The summed E-state index contributed by atoms with van der Waals surface area (Å²) in [6.07, 6.45) is -0.304. The molecule has 0 N–H and O–H groups in total. The lowest BCUT2D eigenvalue weighted by molar-refractivity contribution is -0.00788. The zero-order valence-corrected chi connectivity index (χ0v) is 31.5. The summed E-state index contributed by atoms with van der Waals surface area (Å²) in [5.41, 5.74) is 4.59. The summed E-state index contributed by atoms with van der Waals surface area (Å²) < 4.78 is 31.3. The van der Waals surface area contributed by atoms with E-state index in [1.165, 1.54) is 0 Å². The molecule has 0 atom stereocenters. The number of amides is 2. The van der Waals surface area contributed by atoms with Gasteiger partial charge in [-0.05, 0) is 75.1 Å². The van der Waals surface area contributed by atoms with Crippen molar-refractivity contribution in [3.63, 3.8) is 0 Å². The summed E-state index contributed by atoms with van der Waals surface area (Å²) in [5.74, 6) is 3.16. The summed E-state index contributed by atoms with van der Waals surface area (Å²) in [6.45, 7) is 12.1. The Hall–Kier alpha value is -5.96. The molecule has 0 radical (unpaired) electrons. The smallest absolute Gasteiger partial charge is 0.410 e. The van der Waals surface area contributed by atoms with Crippen LogP contribution in [0.3, 0.4) is 0 Å². The zero-order valence-electron chi connectivity index (χ0n) is 31.5. The van der Waals surface area contributed by atoms with E-state index >= 15 is 0 Å². The van der Waals surface area contributed by atoms with Crippen LogP contribution in [0.4, 0.5) is 4.79 Å². The first kappa shape index (κ1) is 36.4. The minimum Gasteiger partial charge on any atom is -0.493 e. The minimum absolute atomic E-state index is 0.193. The molecular formula is C45H46N2O7. The first-order chi connectivity index (χ1) is 26.0. The summed E-state index contributed by atoms with van der Waals surface area (Å²) in [4.78, 5) is 30.7. The average molecular weight is 727 g/mol. The third-order valence-electron chi connectivity index (χ3n) is 9.44. The Bertz CT molecular complexity index is 2140. The fourth-order valence-corrected chi connectivity index (χ4v) is 6.54. The maximum atomic E-state index is 14.8. The Morgan fingerprint density at radius 3 is 1.98 bits per heavy atom. The van der Waals surface area contributed by atoms with Crippen LogP contribution in [0.2, 0.25) is 0 Å². The number of carbonyl (C=O) groups excluding carboxylic acids is 2. The lowest BCUT2D eigenvalue weighted by Gasteiger charge is -2.39. The number of para-hydroxylation sites is 2. The van der Waals surface area contributed by atoms with Gasteiger partial charge in [0.25, 0.3) is 5.91 Å². The molecule has 0 saturated carbocycles. The van der Waals surface area contributed by atoms with Gasteiger partial charge in [-0.25, -0.2) is 4.79 Å². The predicted octanol–water partition coefficient (Wildman–Crippen LogP) is 9.87. The fourth-order valence-electron chi connectivity index (χ4n) is 6.54. The highest BCUT2D eigenvalue weighted by atomic mass is 16.6. The molecule has 9 nitrogen and oxygen atoms in total. The molecule has 9 heteroatoms. The van der Waals surface area contributed by atoms with Gasteiger partial charge in [0, 0.05) is 43.2 Å². The summed E-state index contributed by atoms with van der Waals surface area (Å²) in [6, 6.07) is 34.8. The molecule has 5 aromatic rings. The highest BCUT2D eigenvalue weighted by Crippen LogP contribution is 2.42. The van der Waals surface area contributed by atoms with E-state index in [4.69, 9.17) is 23.7 Å². The van der Waals surface area contributed by atoms with Crippen LogP contribution in [0.25, 0.3) is 0 Å². The van der Waals surface area contributed by atoms with Crippen molar-refractivity contribution in [2.24, 2.45) is 5.92 Å². The second kappa shape index (κ2) is 15.6. The van der Waals surface area contributed by atoms with Crippen molar-refractivity contribution in [3.05, 3.63) is 143 Å². The summed E-state index contributed by atoms with van der Waals surface area (Å²) in [5, 5.41) is 0. The van der Waals surface area contributed by atoms with Crippen molar-refractivity contribution < 1.29 is 33.3 Å². The van der Waals surface area contributed by atoms with E-state index in [9.17, 15) is 9.59 Å². The van der Waals surface area contributed by atoms with Gasteiger partial charge in [0.1, 0.15) is 52.3 Å². The van der Waals surface area contributed by atoms with E-state index in [0.29, 0.717) is 67.1 Å². The van der Waals surface area contributed by atoms with Crippen molar-refractivity contribution in [3.8, 4) is 34.5 Å². The Morgan fingerprint density at radius 2 is 1.30 bits per heavy atom. The van der Waals surface area contributed by atoms with Crippen LogP contribution >= 0.6 is 0 Å². The Morgan fingerprint density at radius 1 is 0.667 bits per heavy atom. The SMILES string of the molecule is Cc1ccccc1Oc1cc(OCc2ccccc2)c(C(=O)N2Cc3cccc(OCC4CN(C(=O)OC(C)(C)C)C4)c3C2)c(Oc2ccccc2C)c1.